The van der Waals surface area contributed by atoms with E-state index in [0.29, 0.717) is 17.4 Å². The van der Waals surface area contributed by atoms with Gasteiger partial charge in [0.15, 0.2) is 6.10 Å². The molecule has 4 heterocycles. The molecule has 156 valence electrons. The van der Waals surface area contributed by atoms with Crippen LogP contribution in [0.1, 0.15) is 24.8 Å². The smallest absolute Gasteiger partial charge is 0.263 e. The molecular formula is C23H24ClN3O3. The lowest BCUT2D eigenvalue weighted by Crippen LogP contribution is -2.45. The fourth-order valence-electron chi connectivity index (χ4n) is 4.69. The molecule has 1 fully saturated rings. The molecule has 2 aromatic heterocycles. The number of benzene rings is 1. The first kappa shape index (κ1) is 19.4. The van der Waals surface area contributed by atoms with Crippen molar-refractivity contribution in [1.82, 2.24) is 14.9 Å². The Morgan fingerprint density at radius 2 is 2.10 bits per heavy atom. The number of likely N-dealkylation sites (tertiary alicyclic amines) is 1. The van der Waals surface area contributed by atoms with E-state index in [-0.39, 0.29) is 12.5 Å². The van der Waals surface area contributed by atoms with Crippen molar-refractivity contribution >= 4 is 28.5 Å². The van der Waals surface area contributed by atoms with Crippen LogP contribution < -0.4 is 4.74 Å². The second kappa shape index (κ2) is 7.93. The number of carbonyl (C=O) groups excluding carboxylic acids is 1. The first-order valence-corrected chi connectivity index (χ1v) is 10.8. The fraction of sp³-hybridized carbons (Fsp3) is 0.391. The molecular weight excluding hydrogens is 402 g/mol. The minimum absolute atomic E-state index is 0.0391. The van der Waals surface area contributed by atoms with Gasteiger partial charge in [-0.15, -0.1) is 0 Å². The Labute approximate surface area is 179 Å². The van der Waals surface area contributed by atoms with E-state index < -0.39 is 6.10 Å². The maximum absolute atomic E-state index is 13.1. The van der Waals surface area contributed by atoms with Gasteiger partial charge in [0.2, 0.25) is 0 Å². The number of rotatable bonds is 4. The van der Waals surface area contributed by atoms with Crippen LogP contribution >= 0.6 is 11.6 Å². The number of aromatic amines is 1. The topological polar surface area (TPSA) is 78.5 Å². The molecule has 0 radical (unpaired) electrons. The van der Waals surface area contributed by atoms with Crippen molar-refractivity contribution in [3.8, 4) is 16.9 Å². The van der Waals surface area contributed by atoms with Crippen LogP contribution in [-0.4, -0.2) is 51.7 Å². The van der Waals surface area contributed by atoms with Gasteiger partial charge in [0.25, 0.3) is 5.91 Å². The third kappa shape index (κ3) is 3.44. The fourth-order valence-corrected chi connectivity index (χ4v) is 4.93. The Kier molecular flexibility index (Phi) is 5.13. The summed E-state index contributed by atoms with van der Waals surface area (Å²) >= 11 is 6.43. The van der Waals surface area contributed by atoms with Crippen LogP contribution in [0, 0.1) is 5.92 Å². The molecule has 3 aromatic rings. The summed E-state index contributed by atoms with van der Waals surface area (Å²) in [4.78, 5) is 22.5. The molecule has 2 aliphatic rings. The molecule has 5 rings (SSSR count). The van der Waals surface area contributed by atoms with Crippen LogP contribution in [-0.2, 0) is 11.2 Å². The van der Waals surface area contributed by atoms with E-state index in [0.717, 1.165) is 65.8 Å². The second-order valence-corrected chi connectivity index (χ2v) is 8.57. The van der Waals surface area contributed by atoms with E-state index in [2.05, 4.69) is 9.97 Å². The third-order valence-corrected chi connectivity index (χ3v) is 6.50. The number of aliphatic hydroxyl groups excluding tert-OH is 1. The van der Waals surface area contributed by atoms with Gasteiger partial charge in [0.1, 0.15) is 11.4 Å². The molecule has 1 unspecified atom stereocenters. The Hall–Kier alpha value is -2.57. The highest BCUT2D eigenvalue weighted by molar-refractivity contribution is 6.31. The van der Waals surface area contributed by atoms with Crippen LogP contribution in [0.4, 0.5) is 0 Å². The average molecular weight is 426 g/mol. The van der Waals surface area contributed by atoms with Crippen LogP contribution in [0.2, 0.25) is 5.02 Å². The first-order chi connectivity index (χ1) is 14.6. The molecule has 2 N–H and O–H groups in total. The van der Waals surface area contributed by atoms with Crippen molar-refractivity contribution in [3.05, 3.63) is 47.2 Å². The zero-order valence-electron chi connectivity index (χ0n) is 16.6. The zero-order valence-corrected chi connectivity index (χ0v) is 17.4. The van der Waals surface area contributed by atoms with Gasteiger partial charge in [-0.05, 0) is 55.0 Å². The van der Waals surface area contributed by atoms with Crippen molar-refractivity contribution in [2.24, 2.45) is 5.92 Å². The number of pyridine rings is 1. The largest absolute Gasteiger partial charge is 0.479 e. The highest BCUT2D eigenvalue weighted by Gasteiger charge is 2.35. The molecule has 30 heavy (non-hydrogen) atoms. The summed E-state index contributed by atoms with van der Waals surface area (Å²) in [6, 6.07) is 7.73. The highest BCUT2D eigenvalue weighted by atomic mass is 35.5. The van der Waals surface area contributed by atoms with Gasteiger partial charge < -0.3 is 19.7 Å². The summed E-state index contributed by atoms with van der Waals surface area (Å²) in [6.07, 6.45) is 6.32. The van der Waals surface area contributed by atoms with Crippen molar-refractivity contribution in [1.29, 1.82) is 0 Å². The number of piperidine rings is 1. The predicted octanol–water partition coefficient (Wildman–Crippen LogP) is 3.81. The van der Waals surface area contributed by atoms with E-state index in [1.807, 2.05) is 35.4 Å². The Bertz CT molecular complexity index is 1090. The number of ether oxygens (including phenoxy) is 1. The van der Waals surface area contributed by atoms with E-state index >= 15 is 0 Å². The number of aliphatic hydroxyl groups is 1. The molecule has 6 nitrogen and oxygen atoms in total. The molecule has 1 saturated heterocycles. The van der Waals surface area contributed by atoms with Crippen LogP contribution in [0.5, 0.6) is 5.75 Å². The second-order valence-electron chi connectivity index (χ2n) is 8.13. The third-order valence-electron chi connectivity index (χ3n) is 6.29. The molecule has 1 aromatic carbocycles. The van der Waals surface area contributed by atoms with Crippen molar-refractivity contribution in [2.75, 3.05) is 19.7 Å². The van der Waals surface area contributed by atoms with Gasteiger partial charge in [-0.2, -0.15) is 0 Å². The number of fused-ring (bicyclic) bond motifs is 2. The highest BCUT2D eigenvalue weighted by Crippen LogP contribution is 2.43. The standard InChI is InChI=1S/C23H24ClN3O3/c24-16-11-15-12-20(23(29)27-8-3-14(4-9-27)5-10-28)30-21(15)19(13-16)17-1-6-25-22-18(17)2-7-26-22/h1-2,6-7,11,13-14,20,28H,3-5,8-10,12H2,(H,25,26). The summed E-state index contributed by atoms with van der Waals surface area (Å²) < 4.78 is 6.24. The molecule has 0 bridgehead atoms. The summed E-state index contributed by atoms with van der Waals surface area (Å²) in [7, 11) is 0. The number of halogens is 1. The molecule has 0 spiro atoms. The van der Waals surface area contributed by atoms with Crippen LogP contribution in [0.3, 0.4) is 0 Å². The minimum atomic E-state index is -0.518. The van der Waals surface area contributed by atoms with Gasteiger partial charge >= 0.3 is 0 Å². The Morgan fingerprint density at radius 3 is 2.90 bits per heavy atom. The zero-order chi connectivity index (χ0) is 20.7. The number of H-pyrrole nitrogens is 1. The molecule has 0 aliphatic carbocycles. The summed E-state index contributed by atoms with van der Waals surface area (Å²) in [5, 5.41) is 10.8. The maximum Gasteiger partial charge on any atom is 0.263 e. The normalized spacial score (nSPS) is 19.1. The van der Waals surface area contributed by atoms with Gasteiger partial charge in [0, 0.05) is 60.0 Å². The first-order valence-electron chi connectivity index (χ1n) is 10.4. The van der Waals surface area contributed by atoms with Crippen molar-refractivity contribution in [3.63, 3.8) is 0 Å². The minimum Gasteiger partial charge on any atom is -0.479 e. The monoisotopic (exact) mass is 425 g/mol. The quantitative estimate of drug-likeness (QED) is 0.666. The molecule has 1 atom stereocenters. The molecule has 2 aliphatic heterocycles. The SMILES string of the molecule is O=C(C1Cc2cc(Cl)cc(-c3ccnc4[nH]ccc34)c2O1)N1CCC(CCO)CC1. The number of nitrogens with one attached hydrogen (secondary N) is 1. The molecule has 1 amide bonds. The number of hydrogen-bond acceptors (Lipinski definition) is 4. The number of carbonyl (C=O) groups is 1. The summed E-state index contributed by atoms with van der Waals surface area (Å²) in [5.41, 5.74) is 3.64. The van der Waals surface area contributed by atoms with E-state index in [1.165, 1.54) is 0 Å². The summed E-state index contributed by atoms with van der Waals surface area (Å²) in [6.45, 7) is 1.66. The van der Waals surface area contributed by atoms with E-state index in [9.17, 15) is 4.79 Å². The lowest BCUT2D eigenvalue weighted by Gasteiger charge is -2.33. The summed E-state index contributed by atoms with van der Waals surface area (Å²) in [5.74, 6) is 1.28. The van der Waals surface area contributed by atoms with Crippen molar-refractivity contribution < 1.29 is 14.6 Å². The number of hydrogen-bond donors (Lipinski definition) is 2. The average Bonchev–Trinajstić information content (AvgIpc) is 3.40. The predicted molar refractivity (Wildman–Crippen MR) is 116 cm³/mol. The Morgan fingerprint density at radius 1 is 1.27 bits per heavy atom. The number of aromatic nitrogens is 2. The van der Waals surface area contributed by atoms with Crippen molar-refractivity contribution in [2.45, 2.75) is 31.8 Å². The molecule has 7 heteroatoms. The number of amides is 1. The van der Waals surface area contributed by atoms with Crippen LogP contribution in [0.15, 0.2) is 36.7 Å². The number of nitrogens with zero attached hydrogens (tertiary/aromatic N) is 2. The van der Waals surface area contributed by atoms with E-state index in [1.54, 1.807) is 6.20 Å². The van der Waals surface area contributed by atoms with Gasteiger partial charge in [-0.1, -0.05) is 11.6 Å². The lowest BCUT2D eigenvalue weighted by molar-refractivity contribution is -0.139. The van der Waals surface area contributed by atoms with E-state index in [4.69, 9.17) is 21.4 Å². The van der Waals surface area contributed by atoms with Gasteiger partial charge in [0.05, 0.1) is 0 Å². The Balaban J connectivity index is 1.40. The van der Waals surface area contributed by atoms with Gasteiger partial charge in [-0.25, -0.2) is 4.98 Å². The van der Waals surface area contributed by atoms with Gasteiger partial charge in [-0.3, -0.25) is 4.79 Å². The maximum atomic E-state index is 13.1. The lowest BCUT2D eigenvalue weighted by atomic mass is 9.93. The van der Waals surface area contributed by atoms with Crippen LogP contribution in [0.25, 0.3) is 22.2 Å². The molecule has 0 saturated carbocycles.